The second kappa shape index (κ2) is 13.4. The van der Waals surface area contributed by atoms with Gasteiger partial charge in [-0.05, 0) is 37.4 Å². The molecule has 1 unspecified atom stereocenters. The van der Waals surface area contributed by atoms with E-state index in [2.05, 4.69) is 30.9 Å². The SMILES string of the molecule is CCN(CC)CCOC(=O)C(c1ccccc1)C1CCCCC1.Cl.Cl. The number of halogens is 2. The van der Waals surface area contributed by atoms with Crippen LogP contribution in [0.2, 0.25) is 0 Å². The third kappa shape index (κ3) is 7.55. The van der Waals surface area contributed by atoms with Gasteiger partial charge < -0.3 is 9.64 Å². The second-order valence-electron chi connectivity index (χ2n) is 6.48. The molecule has 0 saturated heterocycles. The Morgan fingerprint density at radius 3 is 2.24 bits per heavy atom. The van der Waals surface area contributed by atoms with Crippen LogP contribution >= 0.6 is 24.8 Å². The van der Waals surface area contributed by atoms with E-state index in [9.17, 15) is 4.79 Å². The Labute approximate surface area is 165 Å². The normalized spacial score (nSPS) is 15.8. The number of ether oxygens (including phenoxy) is 1. The van der Waals surface area contributed by atoms with Crippen molar-refractivity contribution in [3.63, 3.8) is 0 Å². The molecule has 1 atom stereocenters. The van der Waals surface area contributed by atoms with Crippen LogP contribution in [0.3, 0.4) is 0 Å². The van der Waals surface area contributed by atoms with E-state index in [0.717, 1.165) is 38.0 Å². The highest BCUT2D eigenvalue weighted by atomic mass is 35.5. The fourth-order valence-corrected chi connectivity index (χ4v) is 3.63. The number of hydrogen-bond donors (Lipinski definition) is 0. The fraction of sp³-hybridized carbons (Fsp3) is 0.650. The van der Waals surface area contributed by atoms with Gasteiger partial charge in [0.2, 0.25) is 0 Å². The minimum Gasteiger partial charge on any atom is -0.464 e. The van der Waals surface area contributed by atoms with Gasteiger partial charge in [-0.2, -0.15) is 0 Å². The van der Waals surface area contributed by atoms with Crippen LogP contribution in [-0.4, -0.2) is 37.1 Å². The van der Waals surface area contributed by atoms with E-state index in [4.69, 9.17) is 4.74 Å². The van der Waals surface area contributed by atoms with Crippen molar-refractivity contribution in [2.75, 3.05) is 26.2 Å². The first kappa shape index (κ1) is 24.2. The summed E-state index contributed by atoms with van der Waals surface area (Å²) in [5, 5.41) is 0. The van der Waals surface area contributed by atoms with Gasteiger partial charge in [0, 0.05) is 6.54 Å². The molecule has 0 spiro atoms. The van der Waals surface area contributed by atoms with E-state index in [1.54, 1.807) is 0 Å². The van der Waals surface area contributed by atoms with Crippen LogP contribution in [0.5, 0.6) is 0 Å². The highest BCUT2D eigenvalue weighted by molar-refractivity contribution is 5.85. The van der Waals surface area contributed by atoms with Crippen LogP contribution < -0.4 is 0 Å². The fourth-order valence-electron chi connectivity index (χ4n) is 3.63. The number of carbonyl (C=O) groups is 1. The van der Waals surface area contributed by atoms with Crippen LogP contribution in [0.15, 0.2) is 30.3 Å². The lowest BCUT2D eigenvalue weighted by Crippen LogP contribution is -2.31. The van der Waals surface area contributed by atoms with Gasteiger partial charge in [0.25, 0.3) is 0 Å². The summed E-state index contributed by atoms with van der Waals surface area (Å²) in [6, 6.07) is 10.2. The molecule has 1 aromatic carbocycles. The van der Waals surface area contributed by atoms with Gasteiger partial charge in [0.1, 0.15) is 6.61 Å². The Hall–Kier alpha value is -0.770. The molecule has 0 aromatic heterocycles. The molecule has 1 fully saturated rings. The molecule has 0 N–H and O–H groups in total. The second-order valence-corrected chi connectivity index (χ2v) is 6.48. The van der Waals surface area contributed by atoms with Crippen molar-refractivity contribution in [1.82, 2.24) is 4.90 Å². The number of hydrogen-bond acceptors (Lipinski definition) is 3. The molecule has 0 heterocycles. The topological polar surface area (TPSA) is 29.5 Å². The summed E-state index contributed by atoms with van der Waals surface area (Å²) in [6.45, 7) is 7.60. The van der Waals surface area contributed by atoms with Gasteiger partial charge >= 0.3 is 5.97 Å². The molecule has 1 aliphatic carbocycles. The van der Waals surface area contributed by atoms with Crippen molar-refractivity contribution in [2.24, 2.45) is 5.92 Å². The van der Waals surface area contributed by atoms with E-state index in [-0.39, 0.29) is 36.7 Å². The van der Waals surface area contributed by atoms with E-state index in [0.29, 0.717) is 12.5 Å². The maximum absolute atomic E-state index is 12.8. The van der Waals surface area contributed by atoms with Gasteiger partial charge in [-0.3, -0.25) is 4.79 Å². The zero-order valence-electron chi connectivity index (χ0n) is 15.5. The lowest BCUT2D eigenvalue weighted by molar-refractivity contribution is -0.147. The molecule has 1 aliphatic rings. The van der Waals surface area contributed by atoms with Gasteiger partial charge in [0.05, 0.1) is 5.92 Å². The van der Waals surface area contributed by atoms with Crippen LogP contribution in [0.4, 0.5) is 0 Å². The first-order chi connectivity index (χ1) is 11.3. The lowest BCUT2D eigenvalue weighted by Gasteiger charge is -2.29. The molecule has 3 nitrogen and oxygen atoms in total. The van der Waals surface area contributed by atoms with Gasteiger partial charge in [-0.25, -0.2) is 0 Å². The smallest absolute Gasteiger partial charge is 0.313 e. The number of esters is 1. The van der Waals surface area contributed by atoms with E-state index in [1.165, 1.54) is 19.3 Å². The maximum atomic E-state index is 12.8. The molecular weight excluding hydrogens is 357 g/mol. The van der Waals surface area contributed by atoms with Crippen LogP contribution in [-0.2, 0) is 9.53 Å². The van der Waals surface area contributed by atoms with Gasteiger partial charge in [-0.1, -0.05) is 63.4 Å². The Balaban J connectivity index is 0.00000288. The number of nitrogens with zero attached hydrogens (tertiary/aromatic N) is 1. The minimum absolute atomic E-state index is 0. The molecule has 0 radical (unpaired) electrons. The largest absolute Gasteiger partial charge is 0.464 e. The third-order valence-electron chi connectivity index (χ3n) is 5.08. The van der Waals surface area contributed by atoms with Crippen molar-refractivity contribution in [2.45, 2.75) is 51.9 Å². The van der Waals surface area contributed by atoms with Crippen molar-refractivity contribution >= 4 is 30.8 Å². The van der Waals surface area contributed by atoms with Crippen LogP contribution in [0.25, 0.3) is 0 Å². The molecule has 1 aromatic rings. The average Bonchev–Trinajstić information content (AvgIpc) is 2.61. The third-order valence-corrected chi connectivity index (χ3v) is 5.08. The van der Waals surface area contributed by atoms with Gasteiger partial charge in [-0.15, -0.1) is 24.8 Å². The molecule has 144 valence electrons. The van der Waals surface area contributed by atoms with Crippen molar-refractivity contribution in [3.05, 3.63) is 35.9 Å². The number of benzene rings is 1. The number of rotatable bonds is 8. The lowest BCUT2D eigenvalue weighted by atomic mass is 9.77. The molecule has 5 heteroatoms. The zero-order valence-corrected chi connectivity index (χ0v) is 17.1. The maximum Gasteiger partial charge on any atom is 0.313 e. The minimum atomic E-state index is -0.0896. The molecule has 0 amide bonds. The van der Waals surface area contributed by atoms with Gasteiger partial charge in [0.15, 0.2) is 0 Å². The molecular formula is C20H33Cl2NO2. The van der Waals surface area contributed by atoms with E-state index < -0.39 is 0 Å². The molecule has 0 aliphatic heterocycles. The Morgan fingerprint density at radius 1 is 1.08 bits per heavy atom. The average molecular weight is 390 g/mol. The highest BCUT2D eigenvalue weighted by Gasteiger charge is 2.32. The summed E-state index contributed by atoms with van der Waals surface area (Å²) >= 11 is 0. The van der Waals surface area contributed by atoms with Crippen LogP contribution in [0.1, 0.15) is 57.4 Å². The van der Waals surface area contributed by atoms with Crippen molar-refractivity contribution < 1.29 is 9.53 Å². The first-order valence-electron chi connectivity index (χ1n) is 9.20. The summed E-state index contributed by atoms with van der Waals surface area (Å²) in [6.07, 6.45) is 6.06. The number of likely N-dealkylation sites (N-methyl/N-ethyl adjacent to an activating group) is 1. The predicted octanol–water partition coefficient (Wildman–Crippen LogP) is 5.08. The molecule has 2 rings (SSSR count). The quantitative estimate of drug-likeness (QED) is 0.580. The number of carbonyl (C=O) groups excluding carboxylic acids is 1. The molecule has 0 bridgehead atoms. The monoisotopic (exact) mass is 389 g/mol. The van der Waals surface area contributed by atoms with Crippen molar-refractivity contribution in [3.8, 4) is 0 Å². The predicted molar refractivity (Wildman–Crippen MR) is 109 cm³/mol. The summed E-state index contributed by atoms with van der Waals surface area (Å²) in [5.74, 6) is 0.315. The summed E-state index contributed by atoms with van der Waals surface area (Å²) < 4.78 is 5.67. The summed E-state index contributed by atoms with van der Waals surface area (Å²) in [7, 11) is 0. The molecule has 25 heavy (non-hydrogen) atoms. The highest BCUT2D eigenvalue weighted by Crippen LogP contribution is 2.36. The van der Waals surface area contributed by atoms with Crippen molar-refractivity contribution in [1.29, 1.82) is 0 Å². The van der Waals surface area contributed by atoms with E-state index >= 15 is 0 Å². The Bertz CT molecular complexity index is 460. The van der Waals surface area contributed by atoms with Crippen LogP contribution in [0, 0.1) is 5.92 Å². The van der Waals surface area contributed by atoms with E-state index in [1.807, 2.05) is 18.2 Å². The standard InChI is InChI=1S/C20H31NO2.2ClH/c1-3-21(4-2)15-16-23-20(22)19(17-11-7-5-8-12-17)18-13-9-6-10-14-18;;/h5,7-8,11-12,18-19H,3-4,6,9-10,13-16H2,1-2H3;2*1H. The summed E-state index contributed by atoms with van der Waals surface area (Å²) in [5.41, 5.74) is 1.12. The first-order valence-corrected chi connectivity index (χ1v) is 9.20. The molecule has 1 saturated carbocycles. The summed E-state index contributed by atoms with van der Waals surface area (Å²) in [4.78, 5) is 15.0. The Kier molecular flexibility index (Phi) is 13.0. The zero-order chi connectivity index (χ0) is 16.5. The Morgan fingerprint density at radius 2 is 1.68 bits per heavy atom.